The van der Waals surface area contributed by atoms with Gasteiger partial charge < -0.3 is 24.7 Å². The highest BCUT2D eigenvalue weighted by Crippen LogP contribution is 2.34. The quantitative estimate of drug-likeness (QED) is 0.738. The number of halogens is 2. The van der Waals surface area contributed by atoms with E-state index in [-0.39, 0.29) is 17.9 Å². The monoisotopic (exact) mass is 416 g/mol. The van der Waals surface area contributed by atoms with Gasteiger partial charge >= 0.3 is 6.09 Å². The summed E-state index contributed by atoms with van der Waals surface area (Å²) in [6.45, 7) is 2.30. The Kier molecular flexibility index (Phi) is 5.22. The molecule has 128 valence electrons. The number of hydrogen-bond donors (Lipinski definition) is 2. The number of hydrogen-bond acceptors (Lipinski definition) is 6. The molecule has 2 heterocycles. The van der Waals surface area contributed by atoms with E-state index in [4.69, 9.17) is 21.1 Å². The third-order valence-electron chi connectivity index (χ3n) is 3.55. The fourth-order valence-corrected chi connectivity index (χ4v) is 2.95. The smallest absolute Gasteiger partial charge is 0.412 e. The Bertz CT molecular complexity index is 822. The fourth-order valence-electron chi connectivity index (χ4n) is 2.35. The van der Waals surface area contributed by atoms with Crippen molar-refractivity contribution in [1.29, 1.82) is 0 Å². The zero-order valence-electron chi connectivity index (χ0n) is 12.5. The molecule has 0 spiro atoms. The first-order valence-corrected chi connectivity index (χ1v) is 8.35. The van der Waals surface area contributed by atoms with Crippen LogP contribution in [-0.4, -0.2) is 53.9 Å². The van der Waals surface area contributed by atoms with Crippen LogP contribution in [0.15, 0.2) is 21.7 Å². The van der Waals surface area contributed by atoms with Crippen LogP contribution in [0.3, 0.4) is 0 Å². The van der Waals surface area contributed by atoms with E-state index in [0.717, 1.165) is 13.1 Å². The fraction of sp³-hybridized carbons (Fsp3) is 0.357. The molecule has 0 bridgehead atoms. The van der Waals surface area contributed by atoms with Crippen molar-refractivity contribution in [2.75, 3.05) is 33.0 Å². The minimum atomic E-state index is -0.458. The summed E-state index contributed by atoms with van der Waals surface area (Å²) in [6, 6.07) is 1.54. The summed E-state index contributed by atoms with van der Waals surface area (Å²) in [4.78, 5) is 32.1. The van der Waals surface area contributed by atoms with Gasteiger partial charge in [0.2, 0.25) is 6.79 Å². The van der Waals surface area contributed by atoms with E-state index in [0.29, 0.717) is 28.1 Å². The van der Waals surface area contributed by atoms with Crippen LogP contribution in [0, 0.1) is 0 Å². The molecule has 0 radical (unpaired) electrons. The van der Waals surface area contributed by atoms with Gasteiger partial charge in [-0.15, -0.1) is 0 Å². The van der Waals surface area contributed by atoms with Gasteiger partial charge in [0.1, 0.15) is 16.7 Å². The van der Waals surface area contributed by atoms with Gasteiger partial charge in [-0.2, -0.15) is 0 Å². The largest absolute Gasteiger partial charge is 0.456 e. The maximum absolute atomic E-state index is 12.0. The SMILES string of the molecule is O=C(OCOc1cc(Br)c(Cl)c2nc[nH]c(=O)c12)N1CCNCC1. The molecule has 10 heteroatoms. The molecule has 2 aromatic rings. The van der Waals surface area contributed by atoms with E-state index in [2.05, 4.69) is 31.2 Å². The van der Waals surface area contributed by atoms with Gasteiger partial charge in [0.05, 0.1) is 11.3 Å². The Morgan fingerprint density at radius 3 is 2.92 bits per heavy atom. The van der Waals surface area contributed by atoms with Crippen molar-refractivity contribution in [2.45, 2.75) is 0 Å². The second-order valence-electron chi connectivity index (χ2n) is 5.04. The lowest BCUT2D eigenvalue weighted by Crippen LogP contribution is -2.46. The van der Waals surface area contributed by atoms with Crippen LogP contribution in [0.1, 0.15) is 0 Å². The summed E-state index contributed by atoms with van der Waals surface area (Å²) in [5, 5.41) is 3.65. The molecule has 1 fully saturated rings. The Morgan fingerprint density at radius 2 is 2.17 bits per heavy atom. The van der Waals surface area contributed by atoms with Crippen LogP contribution in [0.25, 0.3) is 10.9 Å². The molecule has 0 atom stereocenters. The number of benzene rings is 1. The summed E-state index contributed by atoms with van der Waals surface area (Å²) >= 11 is 9.43. The van der Waals surface area contributed by atoms with E-state index in [1.54, 1.807) is 11.0 Å². The Labute approximate surface area is 150 Å². The molecule has 3 rings (SSSR count). The van der Waals surface area contributed by atoms with E-state index in [1.807, 2.05) is 0 Å². The van der Waals surface area contributed by atoms with Gasteiger partial charge in [-0.1, -0.05) is 11.6 Å². The predicted molar refractivity (Wildman–Crippen MR) is 91.5 cm³/mol. The molecule has 1 aliphatic heterocycles. The van der Waals surface area contributed by atoms with Crippen LogP contribution >= 0.6 is 27.5 Å². The molecular weight excluding hydrogens is 404 g/mol. The maximum Gasteiger partial charge on any atom is 0.412 e. The van der Waals surface area contributed by atoms with E-state index in [1.165, 1.54) is 6.33 Å². The summed E-state index contributed by atoms with van der Waals surface area (Å²) in [5.74, 6) is 0.226. The number of carbonyl (C=O) groups is 1. The summed E-state index contributed by atoms with van der Waals surface area (Å²) < 4.78 is 11.1. The normalized spacial score (nSPS) is 14.7. The first-order chi connectivity index (χ1) is 11.6. The molecule has 1 aromatic heterocycles. The molecule has 2 N–H and O–H groups in total. The van der Waals surface area contributed by atoms with Gasteiger partial charge in [-0.05, 0) is 22.0 Å². The summed E-state index contributed by atoms with van der Waals surface area (Å²) in [6.07, 6.45) is 0.804. The van der Waals surface area contributed by atoms with Crippen LogP contribution < -0.4 is 15.6 Å². The Balaban J connectivity index is 1.74. The second kappa shape index (κ2) is 7.37. The number of rotatable bonds is 3. The predicted octanol–water partition coefficient (Wildman–Crippen LogP) is 1.72. The average molecular weight is 418 g/mol. The third-order valence-corrected chi connectivity index (χ3v) is 4.78. The molecule has 1 aromatic carbocycles. The molecule has 1 amide bonds. The highest BCUT2D eigenvalue weighted by Gasteiger charge is 2.18. The molecular formula is C14H14BrClN4O4. The van der Waals surface area contributed by atoms with E-state index in [9.17, 15) is 9.59 Å². The number of fused-ring (bicyclic) bond motifs is 1. The van der Waals surface area contributed by atoms with Crippen LogP contribution in [0.4, 0.5) is 4.79 Å². The number of ether oxygens (including phenoxy) is 2. The zero-order valence-corrected chi connectivity index (χ0v) is 14.8. The van der Waals surface area contributed by atoms with Crippen LogP contribution in [0.5, 0.6) is 5.75 Å². The number of nitrogens with one attached hydrogen (secondary N) is 2. The van der Waals surface area contributed by atoms with Gasteiger partial charge in [0.15, 0.2) is 0 Å². The number of amides is 1. The molecule has 0 aliphatic carbocycles. The number of nitrogens with zero attached hydrogens (tertiary/aromatic N) is 2. The molecule has 1 aliphatic rings. The van der Waals surface area contributed by atoms with Crippen molar-refractivity contribution in [3.63, 3.8) is 0 Å². The van der Waals surface area contributed by atoms with E-state index >= 15 is 0 Å². The van der Waals surface area contributed by atoms with Crippen molar-refractivity contribution in [3.8, 4) is 5.75 Å². The first kappa shape index (κ1) is 17.0. The highest BCUT2D eigenvalue weighted by molar-refractivity contribution is 9.10. The Morgan fingerprint density at radius 1 is 1.42 bits per heavy atom. The number of aromatic amines is 1. The lowest BCUT2D eigenvalue weighted by Gasteiger charge is -2.26. The minimum absolute atomic E-state index is 0.198. The summed E-state index contributed by atoms with van der Waals surface area (Å²) in [5.41, 5.74) is -0.0870. The van der Waals surface area contributed by atoms with Gasteiger partial charge in [0, 0.05) is 30.7 Å². The van der Waals surface area contributed by atoms with Crippen molar-refractivity contribution in [1.82, 2.24) is 20.2 Å². The van der Waals surface area contributed by atoms with Crippen molar-refractivity contribution >= 4 is 44.5 Å². The summed E-state index contributed by atoms with van der Waals surface area (Å²) in [7, 11) is 0. The van der Waals surface area contributed by atoms with Gasteiger partial charge in [-0.3, -0.25) is 4.79 Å². The van der Waals surface area contributed by atoms with Crippen molar-refractivity contribution in [3.05, 3.63) is 32.2 Å². The van der Waals surface area contributed by atoms with Crippen LogP contribution in [-0.2, 0) is 4.74 Å². The number of aromatic nitrogens is 2. The standard InChI is InChI=1S/C14H14BrClN4O4/c15-8-5-9(10-12(11(8)16)18-6-19-13(10)21)23-7-24-14(22)20-3-1-17-2-4-20/h5-6,17H,1-4,7H2,(H,18,19,21). The molecule has 0 unspecified atom stereocenters. The lowest BCUT2D eigenvalue weighted by molar-refractivity contribution is 0.0335. The number of carbonyl (C=O) groups excluding carboxylic acids is 1. The molecule has 1 saturated heterocycles. The molecule has 0 saturated carbocycles. The third kappa shape index (κ3) is 3.47. The Hall–Kier alpha value is -1.84. The average Bonchev–Trinajstić information content (AvgIpc) is 2.60. The van der Waals surface area contributed by atoms with Crippen LogP contribution in [0.2, 0.25) is 5.02 Å². The van der Waals surface area contributed by atoms with Gasteiger partial charge in [0.25, 0.3) is 5.56 Å². The highest BCUT2D eigenvalue weighted by atomic mass is 79.9. The molecule has 24 heavy (non-hydrogen) atoms. The zero-order chi connectivity index (χ0) is 17.1. The van der Waals surface area contributed by atoms with Crippen molar-refractivity contribution < 1.29 is 14.3 Å². The second-order valence-corrected chi connectivity index (χ2v) is 6.27. The van der Waals surface area contributed by atoms with Crippen molar-refractivity contribution in [2.24, 2.45) is 0 Å². The number of H-pyrrole nitrogens is 1. The lowest BCUT2D eigenvalue weighted by atomic mass is 10.2. The number of piperazine rings is 1. The van der Waals surface area contributed by atoms with E-state index < -0.39 is 11.7 Å². The maximum atomic E-state index is 12.0. The topological polar surface area (TPSA) is 96.5 Å². The minimum Gasteiger partial charge on any atom is -0.456 e. The van der Waals surface area contributed by atoms with Gasteiger partial charge in [-0.25, -0.2) is 9.78 Å². The first-order valence-electron chi connectivity index (χ1n) is 7.18. The molecule has 8 nitrogen and oxygen atoms in total.